The first kappa shape index (κ1) is 7.10. The molecule has 0 heterocycles. The zero-order chi connectivity index (χ0) is 7.84. The largest absolute Gasteiger partial charge is 0.312 e. The Hall–Kier alpha value is -0.570. The number of nitrogens with two attached hydrogens (primary N) is 1. The Morgan fingerprint density at radius 3 is 2.45 bits per heavy atom. The molecular formula is C8H15N3. The molecule has 2 rings (SSSR count). The van der Waals surface area contributed by atoms with Crippen LogP contribution >= 0.6 is 0 Å². The lowest BCUT2D eigenvalue weighted by atomic mass is 10.0. The predicted molar refractivity (Wildman–Crippen MR) is 45.0 cm³/mol. The minimum absolute atomic E-state index is 0.633. The van der Waals surface area contributed by atoms with Crippen molar-refractivity contribution in [3.05, 3.63) is 0 Å². The standard InChI is InChI=1S/C8H15N3/c1-10-8(11-9)7-3-5-2-6(5)4-7/h5-7H,2-4,9H2,1H3,(H,10,11). The van der Waals surface area contributed by atoms with Gasteiger partial charge in [0.25, 0.3) is 0 Å². The van der Waals surface area contributed by atoms with Crippen molar-refractivity contribution in [3.63, 3.8) is 0 Å². The summed E-state index contributed by atoms with van der Waals surface area (Å²) in [5.41, 5.74) is 2.68. The van der Waals surface area contributed by atoms with Crippen LogP contribution in [0.2, 0.25) is 0 Å². The lowest BCUT2D eigenvalue weighted by Crippen LogP contribution is -2.35. The van der Waals surface area contributed by atoms with E-state index in [9.17, 15) is 0 Å². The van der Waals surface area contributed by atoms with Crippen molar-refractivity contribution in [1.82, 2.24) is 5.43 Å². The number of aliphatic imine (C=N–C) groups is 1. The van der Waals surface area contributed by atoms with Gasteiger partial charge in [0.1, 0.15) is 5.84 Å². The van der Waals surface area contributed by atoms with Crippen LogP contribution in [0.1, 0.15) is 19.3 Å². The van der Waals surface area contributed by atoms with Gasteiger partial charge in [-0.3, -0.25) is 4.99 Å². The smallest absolute Gasteiger partial charge is 0.113 e. The minimum atomic E-state index is 0.633. The Kier molecular flexibility index (Phi) is 1.60. The van der Waals surface area contributed by atoms with Crippen LogP contribution in [0, 0.1) is 17.8 Å². The Balaban J connectivity index is 1.95. The number of nitrogens with one attached hydrogen (secondary N) is 1. The SMILES string of the molecule is CN=C(NN)C1CC2CC2C1. The van der Waals surface area contributed by atoms with Gasteiger partial charge < -0.3 is 5.43 Å². The minimum Gasteiger partial charge on any atom is -0.312 e. The topological polar surface area (TPSA) is 50.4 Å². The summed E-state index contributed by atoms with van der Waals surface area (Å²) in [5.74, 6) is 8.98. The molecule has 62 valence electrons. The average molecular weight is 153 g/mol. The van der Waals surface area contributed by atoms with Gasteiger partial charge in [-0.2, -0.15) is 0 Å². The molecule has 0 aromatic heterocycles. The number of rotatable bonds is 1. The van der Waals surface area contributed by atoms with E-state index in [0.29, 0.717) is 5.92 Å². The average Bonchev–Trinajstić information content (AvgIpc) is 2.62. The highest BCUT2D eigenvalue weighted by molar-refractivity contribution is 5.84. The van der Waals surface area contributed by atoms with E-state index in [0.717, 1.165) is 17.7 Å². The second-order valence-corrected chi connectivity index (χ2v) is 3.68. The van der Waals surface area contributed by atoms with E-state index in [1.807, 2.05) is 0 Å². The number of hydrogen-bond acceptors (Lipinski definition) is 2. The second kappa shape index (κ2) is 2.48. The van der Waals surface area contributed by atoms with E-state index in [1.165, 1.54) is 19.3 Å². The summed E-state index contributed by atoms with van der Waals surface area (Å²) in [6.45, 7) is 0. The van der Waals surface area contributed by atoms with Crippen molar-refractivity contribution in [2.24, 2.45) is 28.6 Å². The highest BCUT2D eigenvalue weighted by Crippen LogP contribution is 2.54. The van der Waals surface area contributed by atoms with Crippen molar-refractivity contribution in [3.8, 4) is 0 Å². The fourth-order valence-corrected chi connectivity index (χ4v) is 2.30. The van der Waals surface area contributed by atoms with E-state index in [-0.39, 0.29) is 0 Å². The fraction of sp³-hybridized carbons (Fsp3) is 0.875. The van der Waals surface area contributed by atoms with Crippen molar-refractivity contribution >= 4 is 5.84 Å². The summed E-state index contributed by atoms with van der Waals surface area (Å²) >= 11 is 0. The number of fused-ring (bicyclic) bond motifs is 1. The number of amidine groups is 1. The monoisotopic (exact) mass is 153 g/mol. The summed E-state index contributed by atoms with van der Waals surface area (Å²) in [4.78, 5) is 4.12. The fourth-order valence-electron chi connectivity index (χ4n) is 2.30. The summed E-state index contributed by atoms with van der Waals surface area (Å²) in [6, 6.07) is 0. The first-order valence-electron chi connectivity index (χ1n) is 4.28. The quantitative estimate of drug-likeness (QED) is 0.250. The van der Waals surface area contributed by atoms with E-state index in [1.54, 1.807) is 7.05 Å². The first-order chi connectivity index (χ1) is 5.35. The van der Waals surface area contributed by atoms with E-state index in [2.05, 4.69) is 10.4 Å². The maximum absolute atomic E-state index is 5.34. The van der Waals surface area contributed by atoms with Gasteiger partial charge in [-0.05, 0) is 31.1 Å². The Bertz CT molecular complexity index is 178. The molecule has 11 heavy (non-hydrogen) atoms. The highest BCUT2D eigenvalue weighted by Gasteiger charge is 2.47. The van der Waals surface area contributed by atoms with Crippen LogP contribution in [0.25, 0.3) is 0 Å². The van der Waals surface area contributed by atoms with Crippen LogP contribution in [0.5, 0.6) is 0 Å². The van der Waals surface area contributed by atoms with Crippen molar-refractivity contribution in [1.29, 1.82) is 0 Å². The molecular weight excluding hydrogens is 138 g/mol. The van der Waals surface area contributed by atoms with Crippen LogP contribution in [-0.4, -0.2) is 12.9 Å². The lowest BCUT2D eigenvalue weighted by molar-refractivity contribution is 0.604. The summed E-state index contributed by atoms with van der Waals surface area (Å²) in [6.07, 6.45) is 4.07. The zero-order valence-electron chi connectivity index (χ0n) is 6.88. The molecule has 0 spiro atoms. The molecule has 0 amide bonds. The third kappa shape index (κ3) is 1.13. The molecule has 0 aromatic carbocycles. The first-order valence-corrected chi connectivity index (χ1v) is 4.28. The summed E-state index contributed by atoms with van der Waals surface area (Å²) < 4.78 is 0. The molecule has 3 heteroatoms. The van der Waals surface area contributed by atoms with Crippen LogP contribution < -0.4 is 11.3 Å². The highest BCUT2D eigenvalue weighted by atomic mass is 15.3. The van der Waals surface area contributed by atoms with Gasteiger partial charge in [0.2, 0.25) is 0 Å². The maximum Gasteiger partial charge on any atom is 0.113 e. The maximum atomic E-state index is 5.34. The molecule has 0 aliphatic heterocycles. The van der Waals surface area contributed by atoms with E-state index in [4.69, 9.17) is 5.84 Å². The molecule has 3 N–H and O–H groups in total. The molecule has 2 saturated carbocycles. The second-order valence-electron chi connectivity index (χ2n) is 3.68. The van der Waals surface area contributed by atoms with Crippen LogP contribution in [-0.2, 0) is 0 Å². The molecule has 0 saturated heterocycles. The normalized spacial score (nSPS) is 42.0. The Labute approximate surface area is 67.0 Å². The summed E-state index contributed by atoms with van der Waals surface area (Å²) in [5, 5.41) is 0. The van der Waals surface area contributed by atoms with Gasteiger partial charge in [0.05, 0.1) is 0 Å². The van der Waals surface area contributed by atoms with Gasteiger partial charge in [-0.25, -0.2) is 5.84 Å². The lowest BCUT2D eigenvalue weighted by Gasteiger charge is -2.13. The Morgan fingerprint density at radius 1 is 1.36 bits per heavy atom. The van der Waals surface area contributed by atoms with Gasteiger partial charge >= 0.3 is 0 Å². The molecule has 0 bridgehead atoms. The third-order valence-electron chi connectivity index (χ3n) is 3.02. The molecule has 2 atom stereocenters. The molecule has 3 nitrogen and oxygen atoms in total. The van der Waals surface area contributed by atoms with Crippen molar-refractivity contribution in [2.75, 3.05) is 7.05 Å². The third-order valence-corrected chi connectivity index (χ3v) is 3.02. The number of hydrazine groups is 1. The predicted octanol–water partition coefficient (Wildman–Crippen LogP) is 0.524. The molecule has 2 fully saturated rings. The van der Waals surface area contributed by atoms with Crippen LogP contribution in [0.3, 0.4) is 0 Å². The number of hydrogen-bond donors (Lipinski definition) is 2. The molecule has 0 radical (unpaired) electrons. The van der Waals surface area contributed by atoms with E-state index < -0.39 is 0 Å². The van der Waals surface area contributed by atoms with Gasteiger partial charge in [-0.15, -0.1) is 0 Å². The van der Waals surface area contributed by atoms with Crippen LogP contribution in [0.15, 0.2) is 4.99 Å². The van der Waals surface area contributed by atoms with Crippen LogP contribution in [0.4, 0.5) is 0 Å². The van der Waals surface area contributed by atoms with Crippen molar-refractivity contribution < 1.29 is 0 Å². The number of nitrogens with zero attached hydrogens (tertiary/aromatic N) is 1. The van der Waals surface area contributed by atoms with Gasteiger partial charge in [-0.1, -0.05) is 0 Å². The Morgan fingerprint density at radius 2 is 2.00 bits per heavy atom. The van der Waals surface area contributed by atoms with Gasteiger partial charge in [0.15, 0.2) is 0 Å². The van der Waals surface area contributed by atoms with Gasteiger partial charge in [0, 0.05) is 13.0 Å². The molecule has 2 unspecified atom stereocenters. The van der Waals surface area contributed by atoms with Crippen molar-refractivity contribution in [2.45, 2.75) is 19.3 Å². The van der Waals surface area contributed by atoms with E-state index >= 15 is 0 Å². The summed E-state index contributed by atoms with van der Waals surface area (Å²) in [7, 11) is 1.80. The molecule has 2 aliphatic rings. The zero-order valence-corrected chi connectivity index (χ0v) is 6.88. The molecule has 0 aromatic rings. The molecule has 2 aliphatic carbocycles.